The minimum atomic E-state index is -0.877. The molecule has 1 aliphatic carbocycles. The monoisotopic (exact) mass is 801 g/mol. The van der Waals surface area contributed by atoms with Crippen molar-refractivity contribution in [2.75, 3.05) is 41.5 Å². The summed E-state index contributed by atoms with van der Waals surface area (Å²) >= 11 is 6.85. The van der Waals surface area contributed by atoms with E-state index >= 15 is 0 Å². The Labute approximate surface area is 339 Å². The van der Waals surface area contributed by atoms with Gasteiger partial charge in [0.2, 0.25) is 11.8 Å². The maximum absolute atomic E-state index is 13.7. The maximum atomic E-state index is 13.7. The summed E-state index contributed by atoms with van der Waals surface area (Å²) in [5.74, 6) is -0.419. The third-order valence-corrected chi connectivity index (χ3v) is 11.9. The van der Waals surface area contributed by atoms with Gasteiger partial charge in [-0.3, -0.25) is 14.6 Å². The van der Waals surface area contributed by atoms with Crippen LogP contribution < -0.4 is 10.6 Å². The van der Waals surface area contributed by atoms with Crippen LogP contribution in [0.2, 0.25) is 0 Å². The average molecular weight is 802 g/mol. The Morgan fingerprint density at radius 1 is 0.702 bits per heavy atom. The molecule has 57 heavy (non-hydrogen) atoms. The summed E-state index contributed by atoms with van der Waals surface area (Å²) in [6, 6.07) is 14.7. The molecular weight excluding hydrogens is 750 g/mol. The number of likely N-dealkylation sites (tertiary alicyclic amines) is 2. The van der Waals surface area contributed by atoms with Crippen molar-refractivity contribution in [3.8, 4) is 11.1 Å². The van der Waals surface area contributed by atoms with Crippen LogP contribution in [0, 0.1) is 0 Å². The lowest BCUT2D eigenvalue weighted by Gasteiger charge is -2.32. The molecule has 4 aliphatic rings. The van der Waals surface area contributed by atoms with Gasteiger partial charge in [-0.05, 0) is 91.0 Å². The van der Waals surface area contributed by atoms with E-state index in [9.17, 15) is 19.2 Å². The first-order valence-electron chi connectivity index (χ1n) is 19.4. The van der Waals surface area contributed by atoms with Crippen LogP contribution in [0.15, 0.2) is 76.4 Å². The Balaban J connectivity index is 1.06. The number of alkyl carbamates (subject to hydrolysis) is 2. The SMILES string of the molecule is COC(=O)N[C@H](C(=O)N1CCC[C@H]1C1=CC(Cl)=C(c2ccc(-c3ccc(C4=CN=C([C@@H]5CCCN5C(=O)[C@@H](NC(=O)OC)[C@@H](C)OC)C4)cc3)cc2)C1)[C@@H](C)OC. The molecule has 6 rings (SSSR count). The third-order valence-electron chi connectivity index (χ3n) is 11.6. The van der Waals surface area contributed by atoms with Gasteiger partial charge in [-0.25, -0.2) is 9.59 Å². The van der Waals surface area contributed by atoms with E-state index in [1.807, 2.05) is 17.2 Å². The molecule has 0 saturated carbocycles. The zero-order chi connectivity index (χ0) is 40.8. The topological polar surface area (TPSA) is 148 Å². The van der Waals surface area contributed by atoms with Crippen molar-refractivity contribution in [1.82, 2.24) is 20.4 Å². The van der Waals surface area contributed by atoms with Crippen LogP contribution >= 0.6 is 11.6 Å². The van der Waals surface area contributed by atoms with E-state index in [0.717, 1.165) is 70.4 Å². The number of carbonyl (C=O) groups is 4. The molecule has 0 unspecified atom stereocenters. The summed E-state index contributed by atoms with van der Waals surface area (Å²) in [6.45, 7) is 4.65. The van der Waals surface area contributed by atoms with Crippen molar-refractivity contribution >= 4 is 52.5 Å². The summed E-state index contributed by atoms with van der Waals surface area (Å²) < 4.78 is 20.4. The van der Waals surface area contributed by atoms with Crippen LogP contribution in [0.5, 0.6) is 0 Å². The number of halogens is 1. The number of nitrogens with one attached hydrogen (secondary N) is 2. The third kappa shape index (κ3) is 9.11. The molecule has 2 fully saturated rings. The minimum absolute atomic E-state index is 0.129. The number of allylic oxidation sites excluding steroid dienone is 4. The lowest BCUT2D eigenvalue weighted by atomic mass is 9.94. The molecule has 2 aromatic carbocycles. The first-order valence-corrected chi connectivity index (χ1v) is 19.8. The molecule has 304 valence electrons. The number of amides is 4. The zero-order valence-corrected chi connectivity index (χ0v) is 34.1. The molecule has 0 aromatic heterocycles. The highest BCUT2D eigenvalue weighted by atomic mass is 35.5. The Kier molecular flexibility index (Phi) is 13.5. The second-order valence-corrected chi connectivity index (χ2v) is 15.2. The van der Waals surface area contributed by atoms with Gasteiger partial charge in [0, 0.05) is 50.7 Å². The summed E-state index contributed by atoms with van der Waals surface area (Å²) in [5.41, 5.74) is 8.31. The summed E-state index contributed by atoms with van der Waals surface area (Å²) in [5, 5.41) is 5.95. The van der Waals surface area contributed by atoms with Crippen LogP contribution in [0.4, 0.5) is 9.59 Å². The van der Waals surface area contributed by atoms with Gasteiger partial charge >= 0.3 is 12.2 Å². The number of ether oxygens (including phenoxy) is 4. The predicted octanol–water partition coefficient (Wildman–Crippen LogP) is 6.32. The fraction of sp³-hybridized carbons (Fsp3) is 0.465. The molecule has 6 atom stereocenters. The van der Waals surface area contributed by atoms with Gasteiger partial charge in [0.15, 0.2) is 0 Å². The van der Waals surface area contributed by atoms with Crippen molar-refractivity contribution in [3.63, 3.8) is 0 Å². The van der Waals surface area contributed by atoms with Crippen molar-refractivity contribution in [2.45, 2.75) is 88.7 Å². The number of nitrogens with zero attached hydrogens (tertiary/aromatic N) is 3. The van der Waals surface area contributed by atoms with E-state index < -0.39 is 36.5 Å². The van der Waals surface area contributed by atoms with Crippen LogP contribution in [0.3, 0.4) is 0 Å². The van der Waals surface area contributed by atoms with E-state index in [4.69, 9.17) is 35.5 Å². The number of benzene rings is 2. The fourth-order valence-corrected chi connectivity index (χ4v) is 8.48. The summed E-state index contributed by atoms with van der Waals surface area (Å²) in [6.07, 6.45) is 5.99. The van der Waals surface area contributed by atoms with E-state index in [2.05, 4.69) is 59.2 Å². The van der Waals surface area contributed by atoms with E-state index in [-0.39, 0.29) is 23.9 Å². The summed E-state index contributed by atoms with van der Waals surface area (Å²) in [4.78, 5) is 59.8. The molecule has 3 aliphatic heterocycles. The van der Waals surface area contributed by atoms with Gasteiger partial charge in [0.05, 0.1) is 38.5 Å². The molecule has 0 radical (unpaired) electrons. The molecule has 2 saturated heterocycles. The molecule has 0 spiro atoms. The normalized spacial score (nSPS) is 21.4. The quantitative estimate of drug-likeness (QED) is 0.239. The highest BCUT2D eigenvalue weighted by molar-refractivity contribution is 6.35. The second kappa shape index (κ2) is 18.5. The van der Waals surface area contributed by atoms with Gasteiger partial charge < -0.3 is 39.4 Å². The molecule has 3 heterocycles. The maximum Gasteiger partial charge on any atom is 0.407 e. The van der Waals surface area contributed by atoms with Gasteiger partial charge in [-0.2, -0.15) is 0 Å². The van der Waals surface area contributed by atoms with Crippen LogP contribution in [-0.4, -0.2) is 117 Å². The highest BCUT2D eigenvalue weighted by Gasteiger charge is 2.41. The highest BCUT2D eigenvalue weighted by Crippen LogP contribution is 2.41. The lowest BCUT2D eigenvalue weighted by Crippen LogP contribution is -2.56. The minimum Gasteiger partial charge on any atom is -0.453 e. The Bertz CT molecular complexity index is 1960. The van der Waals surface area contributed by atoms with Crippen molar-refractivity contribution in [2.24, 2.45) is 4.99 Å². The first-order chi connectivity index (χ1) is 27.5. The molecular formula is C43H52ClN5O8. The molecule has 2 N–H and O–H groups in total. The molecule has 14 heteroatoms. The molecule has 4 amide bonds. The number of carbonyl (C=O) groups excluding carboxylic acids is 4. The van der Waals surface area contributed by atoms with Crippen molar-refractivity contribution < 1.29 is 38.1 Å². The first kappa shape index (κ1) is 41.6. The molecule has 13 nitrogen and oxygen atoms in total. The smallest absolute Gasteiger partial charge is 0.407 e. The largest absolute Gasteiger partial charge is 0.453 e. The van der Waals surface area contributed by atoms with Gasteiger partial charge in [-0.15, -0.1) is 0 Å². The Morgan fingerprint density at radius 2 is 1.18 bits per heavy atom. The van der Waals surface area contributed by atoms with Crippen molar-refractivity contribution in [3.05, 3.63) is 82.5 Å². The number of rotatable bonds is 13. The number of methoxy groups -OCH3 is 4. The lowest BCUT2D eigenvalue weighted by molar-refractivity contribution is -0.137. The van der Waals surface area contributed by atoms with Gasteiger partial charge in [-0.1, -0.05) is 60.1 Å². The van der Waals surface area contributed by atoms with Gasteiger partial charge in [0.25, 0.3) is 0 Å². The van der Waals surface area contributed by atoms with E-state index in [0.29, 0.717) is 31.0 Å². The van der Waals surface area contributed by atoms with Gasteiger partial charge in [0.1, 0.15) is 12.1 Å². The predicted molar refractivity (Wildman–Crippen MR) is 218 cm³/mol. The fourth-order valence-electron chi connectivity index (χ4n) is 8.17. The number of hydrogen-bond acceptors (Lipinski definition) is 9. The van der Waals surface area contributed by atoms with Crippen LogP contribution in [-0.2, 0) is 28.5 Å². The summed E-state index contributed by atoms with van der Waals surface area (Å²) in [7, 11) is 5.55. The Hall–Kier alpha value is -4.98. The van der Waals surface area contributed by atoms with E-state index in [1.165, 1.54) is 28.4 Å². The second-order valence-electron chi connectivity index (χ2n) is 14.8. The van der Waals surface area contributed by atoms with Crippen LogP contribution in [0.1, 0.15) is 63.5 Å². The standard InChI is InChI=1S/C43H52ClN5O8/c1-25(54-3)38(46-42(52)56-5)40(50)48-19-7-9-36(48)31-21-33(34(44)22-31)30-17-15-28(16-18-30)27-11-13-29(14-12-27)32-23-35(45-24-32)37-10-8-20-49(37)41(51)39(26(2)55-4)47-43(53)57-6/h11-18,22,24-26,36-39H,7-10,19-21,23H2,1-6H3,(H,46,52)(H,47,53)/t25-,26-,36+,37+,38+,39+/m1/s1. The molecule has 2 aromatic rings. The van der Waals surface area contributed by atoms with Crippen molar-refractivity contribution in [1.29, 1.82) is 0 Å². The average Bonchev–Trinajstić information content (AvgIpc) is 4.08. The van der Waals surface area contributed by atoms with E-state index in [1.54, 1.807) is 18.7 Å². The Morgan fingerprint density at radius 3 is 1.68 bits per heavy atom. The number of hydrogen-bond donors (Lipinski definition) is 2. The zero-order valence-electron chi connectivity index (χ0n) is 33.4. The van der Waals surface area contributed by atoms with Crippen LogP contribution in [0.25, 0.3) is 22.3 Å². The molecule has 0 bridgehead atoms. The number of aliphatic imine (C=N–C) groups is 1.